The second-order valence-electron chi connectivity index (χ2n) is 6.96. The fraction of sp³-hybridized carbons (Fsp3) is 0.938. The molecule has 1 atom stereocenters. The summed E-state index contributed by atoms with van der Waals surface area (Å²) in [6, 6.07) is 0.338. The summed E-state index contributed by atoms with van der Waals surface area (Å²) < 4.78 is 0. The van der Waals surface area contributed by atoms with Crippen LogP contribution in [0.1, 0.15) is 72.1 Å². The topological polar surface area (TPSA) is 55.1 Å². The van der Waals surface area contributed by atoms with E-state index in [0.29, 0.717) is 24.9 Å². The van der Waals surface area contributed by atoms with Gasteiger partial charge < -0.3 is 11.1 Å². The third-order valence-electron chi connectivity index (χ3n) is 4.60. The van der Waals surface area contributed by atoms with Crippen molar-refractivity contribution in [2.24, 2.45) is 17.1 Å². The summed E-state index contributed by atoms with van der Waals surface area (Å²) in [6.07, 6.45) is 9.11. The molecule has 3 heteroatoms. The van der Waals surface area contributed by atoms with Crippen molar-refractivity contribution >= 4 is 5.91 Å². The van der Waals surface area contributed by atoms with E-state index in [4.69, 9.17) is 5.73 Å². The first-order valence-electron chi connectivity index (χ1n) is 7.94. The zero-order valence-corrected chi connectivity index (χ0v) is 13.0. The number of carbonyl (C=O) groups excluding carboxylic acids is 1. The van der Waals surface area contributed by atoms with Gasteiger partial charge in [-0.05, 0) is 50.5 Å². The number of carbonyl (C=O) groups is 1. The molecule has 0 unspecified atom stereocenters. The monoisotopic (exact) mass is 268 g/mol. The highest BCUT2D eigenvalue weighted by molar-refractivity contribution is 5.76. The van der Waals surface area contributed by atoms with Gasteiger partial charge in [0.15, 0.2) is 0 Å². The van der Waals surface area contributed by atoms with E-state index in [1.165, 1.54) is 32.1 Å². The summed E-state index contributed by atoms with van der Waals surface area (Å²) in [4.78, 5) is 12.0. The molecule has 3 nitrogen and oxygen atoms in total. The molecule has 1 rings (SSSR count). The highest BCUT2D eigenvalue weighted by Gasteiger charge is 2.23. The maximum atomic E-state index is 12.0. The molecule has 1 amide bonds. The second kappa shape index (κ2) is 7.88. The zero-order valence-electron chi connectivity index (χ0n) is 13.0. The number of nitrogens with one attached hydrogen (secondary N) is 1. The highest BCUT2D eigenvalue weighted by atomic mass is 16.1. The smallest absolute Gasteiger partial charge is 0.220 e. The van der Waals surface area contributed by atoms with Crippen LogP contribution in [0.15, 0.2) is 0 Å². The van der Waals surface area contributed by atoms with Gasteiger partial charge in [-0.15, -0.1) is 0 Å². The molecule has 0 spiro atoms. The lowest BCUT2D eigenvalue weighted by atomic mass is 9.83. The number of hydrogen-bond donors (Lipinski definition) is 2. The van der Waals surface area contributed by atoms with E-state index >= 15 is 0 Å². The van der Waals surface area contributed by atoms with Crippen molar-refractivity contribution in [2.75, 3.05) is 6.54 Å². The molecule has 19 heavy (non-hydrogen) atoms. The third kappa shape index (κ3) is 6.42. The Morgan fingerprint density at radius 3 is 2.47 bits per heavy atom. The molecular formula is C16H32N2O. The lowest BCUT2D eigenvalue weighted by molar-refractivity contribution is -0.122. The number of rotatable bonds is 7. The van der Waals surface area contributed by atoms with Crippen molar-refractivity contribution in [1.29, 1.82) is 0 Å². The molecule has 1 fully saturated rings. The van der Waals surface area contributed by atoms with Crippen LogP contribution in [-0.2, 0) is 4.79 Å². The van der Waals surface area contributed by atoms with Crippen LogP contribution in [0.3, 0.4) is 0 Å². The van der Waals surface area contributed by atoms with E-state index in [1.54, 1.807) is 0 Å². The average Bonchev–Trinajstić information content (AvgIpc) is 2.37. The molecule has 1 aliphatic carbocycles. The SMILES string of the molecule is C[C@@H](NC(=O)CCC(C)(C)CCN)C1CCCCC1. The fourth-order valence-electron chi connectivity index (χ4n) is 3.05. The Morgan fingerprint density at radius 1 is 1.26 bits per heavy atom. The van der Waals surface area contributed by atoms with Gasteiger partial charge in [0.2, 0.25) is 5.91 Å². The van der Waals surface area contributed by atoms with Crippen LogP contribution >= 0.6 is 0 Å². The molecule has 0 aliphatic heterocycles. The van der Waals surface area contributed by atoms with Gasteiger partial charge in [-0.3, -0.25) is 4.79 Å². The van der Waals surface area contributed by atoms with Crippen LogP contribution in [0, 0.1) is 11.3 Å². The Kier molecular flexibility index (Phi) is 6.84. The quantitative estimate of drug-likeness (QED) is 0.745. The van der Waals surface area contributed by atoms with Gasteiger partial charge >= 0.3 is 0 Å². The predicted molar refractivity (Wildman–Crippen MR) is 80.9 cm³/mol. The minimum Gasteiger partial charge on any atom is -0.353 e. The average molecular weight is 268 g/mol. The first kappa shape index (κ1) is 16.5. The molecule has 1 saturated carbocycles. The summed E-state index contributed by atoms with van der Waals surface area (Å²) in [7, 11) is 0. The standard InChI is InChI=1S/C16H32N2O/c1-13(14-7-5-4-6-8-14)18-15(19)9-10-16(2,3)11-12-17/h13-14H,4-12,17H2,1-3H3,(H,18,19)/t13-/m1/s1. The summed E-state index contributed by atoms with van der Waals surface area (Å²) >= 11 is 0. The number of hydrogen-bond acceptors (Lipinski definition) is 2. The molecule has 0 saturated heterocycles. The Hall–Kier alpha value is -0.570. The Morgan fingerprint density at radius 2 is 1.89 bits per heavy atom. The molecule has 0 bridgehead atoms. The van der Waals surface area contributed by atoms with Gasteiger partial charge in [-0.1, -0.05) is 33.1 Å². The van der Waals surface area contributed by atoms with Crippen LogP contribution in [0.25, 0.3) is 0 Å². The van der Waals surface area contributed by atoms with Gasteiger partial charge in [0.1, 0.15) is 0 Å². The van der Waals surface area contributed by atoms with Gasteiger partial charge in [-0.25, -0.2) is 0 Å². The van der Waals surface area contributed by atoms with Crippen LogP contribution in [-0.4, -0.2) is 18.5 Å². The van der Waals surface area contributed by atoms with E-state index in [-0.39, 0.29) is 11.3 Å². The minimum absolute atomic E-state index is 0.181. The van der Waals surface area contributed by atoms with Crippen molar-refractivity contribution in [3.8, 4) is 0 Å². The van der Waals surface area contributed by atoms with Crippen LogP contribution < -0.4 is 11.1 Å². The maximum absolute atomic E-state index is 12.0. The van der Waals surface area contributed by atoms with Gasteiger partial charge in [0.05, 0.1) is 0 Å². The van der Waals surface area contributed by atoms with E-state index in [0.717, 1.165) is 12.8 Å². The maximum Gasteiger partial charge on any atom is 0.220 e. The minimum atomic E-state index is 0.181. The summed E-state index contributed by atoms with van der Waals surface area (Å²) in [5.74, 6) is 0.901. The van der Waals surface area contributed by atoms with Crippen LogP contribution in [0.5, 0.6) is 0 Å². The molecule has 0 heterocycles. The normalized spacial score (nSPS) is 19.2. The predicted octanol–water partition coefficient (Wildman–Crippen LogP) is 3.23. The van der Waals surface area contributed by atoms with Crippen molar-refractivity contribution in [2.45, 2.75) is 78.2 Å². The molecule has 112 valence electrons. The molecular weight excluding hydrogens is 236 g/mol. The lowest BCUT2D eigenvalue weighted by Crippen LogP contribution is -2.39. The first-order chi connectivity index (χ1) is 8.94. The third-order valence-corrected chi connectivity index (χ3v) is 4.60. The molecule has 3 N–H and O–H groups in total. The van der Waals surface area contributed by atoms with E-state index < -0.39 is 0 Å². The van der Waals surface area contributed by atoms with Crippen molar-refractivity contribution in [3.05, 3.63) is 0 Å². The van der Waals surface area contributed by atoms with Crippen molar-refractivity contribution < 1.29 is 4.79 Å². The molecule has 0 aromatic carbocycles. The van der Waals surface area contributed by atoms with E-state index in [1.807, 2.05) is 0 Å². The van der Waals surface area contributed by atoms with Gasteiger partial charge in [0.25, 0.3) is 0 Å². The number of amides is 1. The van der Waals surface area contributed by atoms with Crippen LogP contribution in [0.4, 0.5) is 0 Å². The summed E-state index contributed by atoms with van der Waals surface area (Å²) in [6.45, 7) is 7.25. The molecule has 1 aliphatic rings. The van der Waals surface area contributed by atoms with E-state index in [9.17, 15) is 4.79 Å². The first-order valence-corrected chi connectivity index (χ1v) is 7.94. The summed E-state index contributed by atoms with van der Waals surface area (Å²) in [5.41, 5.74) is 5.78. The molecule has 0 aromatic heterocycles. The Bertz CT molecular complexity index is 270. The van der Waals surface area contributed by atoms with Crippen molar-refractivity contribution in [1.82, 2.24) is 5.32 Å². The second-order valence-corrected chi connectivity index (χ2v) is 6.96. The molecule has 0 aromatic rings. The van der Waals surface area contributed by atoms with Crippen molar-refractivity contribution in [3.63, 3.8) is 0 Å². The van der Waals surface area contributed by atoms with E-state index in [2.05, 4.69) is 26.1 Å². The largest absolute Gasteiger partial charge is 0.353 e. The fourth-order valence-corrected chi connectivity index (χ4v) is 3.05. The lowest BCUT2D eigenvalue weighted by Gasteiger charge is -2.29. The Labute approximate surface area is 118 Å². The highest BCUT2D eigenvalue weighted by Crippen LogP contribution is 2.27. The molecule has 0 radical (unpaired) electrons. The summed E-state index contributed by atoms with van der Waals surface area (Å²) in [5, 5.41) is 3.19. The van der Waals surface area contributed by atoms with Gasteiger partial charge in [-0.2, -0.15) is 0 Å². The van der Waals surface area contributed by atoms with Crippen LogP contribution in [0.2, 0.25) is 0 Å². The van der Waals surface area contributed by atoms with Gasteiger partial charge in [0, 0.05) is 12.5 Å². The number of nitrogens with two attached hydrogens (primary N) is 1. The Balaban J connectivity index is 2.26. The zero-order chi connectivity index (χ0) is 14.3.